The maximum absolute atomic E-state index is 13.9. The molecule has 61 heavy (non-hydrogen) atoms. The number of hydrogen-bond acceptors (Lipinski definition) is 10. The van der Waals surface area contributed by atoms with E-state index in [2.05, 4.69) is 142 Å². The molecule has 0 saturated heterocycles. The summed E-state index contributed by atoms with van der Waals surface area (Å²) in [6, 6.07) is 22.6. The van der Waals surface area contributed by atoms with Gasteiger partial charge in [0, 0.05) is 81.2 Å². The van der Waals surface area contributed by atoms with Crippen LogP contribution >= 0.6 is 68.0 Å². The Bertz CT molecular complexity index is 2450. The summed E-state index contributed by atoms with van der Waals surface area (Å²) in [4.78, 5) is 42.6. The van der Waals surface area contributed by atoms with Crippen LogP contribution in [-0.2, 0) is 53.6 Å². The minimum absolute atomic E-state index is 0.0679. The third-order valence-corrected chi connectivity index (χ3v) is 22.5. The third-order valence-electron chi connectivity index (χ3n) is 13.6. The number of ether oxygens (including phenoxy) is 2. The van der Waals surface area contributed by atoms with Crippen LogP contribution in [0.25, 0.3) is 39.0 Å². The lowest BCUT2D eigenvalue weighted by Gasteiger charge is -2.40. The number of esters is 2. The summed E-state index contributed by atoms with van der Waals surface area (Å²) in [5, 5.41) is 0. The summed E-state index contributed by atoms with van der Waals surface area (Å²) < 4.78 is 12.4. The molecule has 1 fully saturated rings. The zero-order chi connectivity index (χ0) is 43.2. The zero-order valence-electron chi connectivity index (χ0n) is 36.9. The molecule has 4 nitrogen and oxygen atoms in total. The fraction of sp³-hybridized carbons (Fsp3) is 0.451. The van der Waals surface area contributed by atoms with Crippen LogP contribution in [0.2, 0.25) is 0 Å². The number of thiophene rings is 6. The van der Waals surface area contributed by atoms with E-state index in [0.717, 1.165) is 27.3 Å². The monoisotopic (exact) mass is 924 g/mol. The van der Waals surface area contributed by atoms with Crippen LogP contribution in [0.15, 0.2) is 72.8 Å². The van der Waals surface area contributed by atoms with Crippen molar-refractivity contribution in [1.29, 1.82) is 0 Å². The summed E-state index contributed by atoms with van der Waals surface area (Å²) in [7, 11) is 0. The second kappa shape index (κ2) is 15.8. The Morgan fingerprint density at radius 1 is 0.508 bits per heavy atom. The molecule has 0 radical (unpaired) electrons. The Kier molecular flexibility index (Phi) is 11.2. The van der Waals surface area contributed by atoms with Crippen molar-refractivity contribution in [3.63, 3.8) is 0 Å². The first-order valence-electron chi connectivity index (χ1n) is 21.4. The minimum atomic E-state index is -0.219. The van der Waals surface area contributed by atoms with E-state index in [9.17, 15) is 9.59 Å². The lowest BCUT2D eigenvalue weighted by molar-refractivity contribution is -0.149. The Hall–Kier alpha value is -3.12. The van der Waals surface area contributed by atoms with E-state index in [4.69, 9.17) is 9.47 Å². The minimum Gasteiger partial charge on any atom is -0.465 e. The summed E-state index contributed by atoms with van der Waals surface area (Å²) in [6.07, 6.45) is 6.01. The molecule has 4 unspecified atom stereocenters. The average molecular weight is 925 g/mol. The molecule has 10 heteroatoms. The number of cyclic esters (lactones) is 2. The molecule has 1 aliphatic heterocycles. The lowest BCUT2D eigenvalue weighted by Crippen LogP contribution is -2.39. The first-order chi connectivity index (χ1) is 28.8. The molecule has 6 aromatic rings. The fourth-order valence-electron chi connectivity index (χ4n) is 9.05. The van der Waals surface area contributed by atoms with Crippen LogP contribution in [0, 0.1) is 23.7 Å². The van der Waals surface area contributed by atoms with Crippen LogP contribution in [0.4, 0.5) is 0 Å². The van der Waals surface area contributed by atoms with Crippen LogP contribution in [0.5, 0.6) is 0 Å². The molecule has 2 aliphatic carbocycles. The van der Waals surface area contributed by atoms with Gasteiger partial charge in [-0.2, -0.15) is 0 Å². The SMILES string of the molecule is CC(C)(C)c1ccc(-c2cc3c(s2)-c2ccc(s2)C(C)(C)C(C)(C)c2ccc(s2)-c2sc(-c4ccc(C(C)(C)C)s4)cc2CC(=O)OCC2C4C=CC(C4)C2COC(=O)C3)s1. The van der Waals surface area contributed by atoms with Gasteiger partial charge in [0.2, 0.25) is 0 Å². The first kappa shape index (κ1) is 43.1. The maximum Gasteiger partial charge on any atom is 0.310 e. The summed E-state index contributed by atoms with van der Waals surface area (Å²) in [5.74, 6) is 0.489. The van der Waals surface area contributed by atoms with E-state index in [0.29, 0.717) is 25.0 Å². The number of fused-ring (bicyclic) bond motifs is 13. The van der Waals surface area contributed by atoms with Crippen LogP contribution in [-0.4, -0.2) is 25.2 Å². The molecular formula is C51H56O4S6. The smallest absolute Gasteiger partial charge is 0.310 e. The first-order valence-corrected chi connectivity index (χ1v) is 26.3. The highest BCUT2D eigenvalue weighted by atomic mass is 32.1. The van der Waals surface area contributed by atoms with Crippen LogP contribution in [0.3, 0.4) is 0 Å². The van der Waals surface area contributed by atoms with Gasteiger partial charge in [0.1, 0.15) is 0 Å². The number of carbonyl (C=O) groups excluding carboxylic acids is 2. The normalized spacial score (nSPS) is 22.8. The van der Waals surface area contributed by atoms with Crippen molar-refractivity contribution in [2.24, 2.45) is 23.7 Å². The van der Waals surface area contributed by atoms with Crippen molar-refractivity contribution in [3.05, 3.63) is 103 Å². The van der Waals surface area contributed by atoms with E-state index in [1.54, 1.807) is 22.7 Å². The predicted octanol–water partition coefficient (Wildman–Crippen LogP) is 15.2. The van der Waals surface area contributed by atoms with Crippen molar-refractivity contribution in [3.8, 4) is 39.0 Å². The molecule has 7 heterocycles. The van der Waals surface area contributed by atoms with Gasteiger partial charge >= 0.3 is 11.9 Å². The van der Waals surface area contributed by atoms with Crippen molar-refractivity contribution in [2.75, 3.05) is 13.2 Å². The Morgan fingerprint density at radius 2 is 0.902 bits per heavy atom. The molecule has 6 bridgehead atoms. The molecule has 0 spiro atoms. The van der Waals surface area contributed by atoms with Gasteiger partial charge < -0.3 is 9.47 Å². The van der Waals surface area contributed by atoms with Crippen LogP contribution in [0.1, 0.15) is 106 Å². The van der Waals surface area contributed by atoms with E-state index < -0.39 is 0 Å². The highest BCUT2D eigenvalue weighted by Gasteiger charge is 2.46. The van der Waals surface area contributed by atoms with E-state index in [1.165, 1.54) is 48.8 Å². The van der Waals surface area contributed by atoms with E-state index in [1.807, 2.05) is 45.3 Å². The zero-order valence-corrected chi connectivity index (χ0v) is 41.8. The quantitative estimate of drug-likeness (QED) is 0.128. The van der Waals surface area contributed by atoms with Gasteiger partial charge in [0.05, 0.1) is 26.1 Å². The summed E-state index contributed by atoms with van der Waals surface area (Å²) in [6.45, 7) is 23.7. The molecule has 9 rings (SSSR count). The fourth-order valence-corrected chi connectivity index (χ4v) is 16.5. The summed E-state index contributed by atoms with van der Waals surface area (Å²) in [5.41, 5.74) is 1.74. The third kappa shape index (κ3) is 8.16. The van der Waals surface area contributed by atoms with Crippen molar-refractivity contribution in [1.82, 2.24) is 0 Å². The van der Waals surface area contributed by atoms with E-state index in [-0.39, 0.29) is 58.3 Å². The number of carbonyl (C=O) groups is 2. The number of allylic oxidation sites excluding steroid dienone is 2. The molecule has 1 saturated carbocycles. The molecular weight excluding hydrogens is 869 g/mol. The van der Waals surface area contributed by atoms with Gasteiger partial charge in [-0.1, -0.05) is 81.4 Å². The Balaban J connectivity index is 1.11. The Morgan fingerprint density at radius 3 is 1.28 bits per heavy atom. The molecule has 4 atom stereocenters. The van der Waals surface area contributed by atoms with Crippen molar-refractivity contribution in [2.45, 2.75) is 110 Å². The molecule has 0 aromatic carbocycles. The molecule has 320 valence electrons. The predicted molar refractivity (Wildman–Crippen MR) is 262 cm³/mol. The van der Waals surface area contributed by atoms with Gasteiger partial charge in [-0.05, 0) is 101 Å². The standard InChI is InChI=1S/C51H56O4S6/c1-48(2,3)40-17-13-34(56-40)38-22-30-24-44(52)54-26-32-28-11-12-29(21-28)33(32)27-55-45(53)25-31-23-39(35-14-18-41(57-35)49(4,5)6)61-47(31)37-16-20-43(59-37)51(9,10)50(7,8)42-19-15-36(58-42)46(30)60-38/h11-20,22-23,28-29,32-33H,21,24-27H2,1-10H3. The van der Waals surface area contributed by atoms with Crippen molar-refractivity contribution < 1.29 is 19.1 Å². The molecule has 0 N–H and O–H groups in total. The van der Waals surface area contributed by atoms with Gasteiger partial charge in [-0.15, -0.1) is 68.0 Å². The van der Waals surface area contributed by atoms with Gasteiger partial charge in [0.15, 0.2) is 0 Å². The van der Waals surface area contributed by atoms with Gasteiger partial charge in [-0.25, -0.2) is 0 Å². The summed E-state index contributed by atoms with van der Waals surface area (Å²) >= 11 is 11.0. The highest BCUT2D eigenvalue weighted by Crippen LogP contribution is 2.53. The molecule has 6 aromatic heterocycles. The molecule has 0 amide bonds. The molecule has 3 aliphatic rings. The Labute approximate surface area is 385 Å². The average Bonchev–Trinajstić information content (AvgIpc) is 4.02. The lowest BCUT2D eigenvalue weighted by atomic mass is 9.66. The largest absolute Gasteiger partial charge is 0.465 e. The van der Waals surface area contributed by atoms with Gasteiger partial charge in [0.25, 0.3) is 0 Å². The van der Waals surface area contributed by atoms with Crippen molar-refractivity contribution >= 4 is 80.0 Å². The second-order valence-corrected chi connectivity index (χ2v) is 26.8. The van der Waals surface area contributed by atoms with Gasteiger partial charge in [-0.3, -0.25) is 9.59 Å². The topological polar surface area (TPSA) is 52.6 Å². The number of rotatable bonds is 2. The maximum atomic E-state index is 13.9. The number of hydrogen-bond donors (Lipinski definition) is 0. The van der Waals surface area contributed by atoms with Crippen LogP contribution < -0.4 is 0 Å². The van der Waals surface area contributed by atoms with E-state index >= 15 is 0 Å². The second-order valence-electron chi connectivity index (χ2n) is 20.3. The highest BCUT2D eigenvalue weighted by molar-refractivity contribution is 7.27.